The topological polar surface area (TPSA) is 35.5 Å². The zero-order chi connectivity index (χ0) is 12.7. The van der Waals surface area contributed by atoms with Crippen molar-refractivity contribution in [3.05, 3.63) is 39.3 Å². The molecule has 1 rings (SSSR count). The summed E-state index contributed by atoms with van der Waals surface area (Å²) in [6, 6.07) is 7.40. The van der Waals surface area contributed by atoms with E-state index < -0.39 is 0 Å². The van der Waals surface area contributed by atoms with Crippen molar-refractivity contribution in [2.24, 2.45) is 0 Å². The molecular weight excluding hydrogens is 352 g/mol. The molecule has 0 aliphatic carbocycles. The van der Waals surface area contributed by atoms with Crippen molar-refractivity contribution in [1.29, 1.82) is 0 Å². The fraction of sp³-hybridized carbons (Fsp3) is 0.250. The molecule has 17 heavy (non-hydrogen) atoms. The lowest BCUT2D eigenvalue weighted by Crippen LogP contribution is -2.07. The zero-order valence-electron chi connectivity index (χ0n) is 9.28. The summed E-state index contributed by atoms with van der Waals surface area (Å²) < 4.78 is 11.1. The van der Waals surface area contributed by atoms with Gasteiger partial charge in [0.2, 0.25) is 0 Å². The highest BCUT2D eigenvalue weighted by atomic mass is 79.9. The number of esters is 1. The second-order valence-corrected chi connectivity index (χ2v) is 4.68. The fourth-order valence-corrected chi connectivity index (χ4v) is 1.44. The van der Waals surface area contributed by atoms with E-state index in [9.17, 15) is 4.79 Å². The van der Waals surface area contributed by atoms with Crippen LogP contribution in [-0.4, -0.2) is 19.7 Å². The van der Waals surface area contributed by atoms with E-state index in [0.717, 1.165) is 10.0 Å². The molecule has 0 atom stereocenters. The average molecular weight is 364 g/mol. The van der Waals surface area contributed by atoms with E-state index in [2.05, 4.69) is 36.6 Å². The van der Waals surface area contributed by atoms with Crippen molar-refractivity contribution in [3.63, 3.8) is 0 Å². The molecule has 0 bridgehead atoms. The molecule has 0 saturated heterocycles. The van der Waals surface area contributed by atoms with Crippen LogP contribution < -0.4 is 4.74 Å². The number of carbonyl (C=O) groups excluding carboxylic acids is 1. The van der Waals surface area contributed by atoms with Crippen LogP contribution in [0.1, 0.15) is 5.56 Å². The van der Waals surface area contributed by atoms with Gasteiger partial charge in [-0.2, -0.15) is 0 Å². The Kier molecular flexibility index (Phi) is 6.29. The van der Waals surface area contributed by atoms with Gasteiger partial charge in [-0.05, 0) is 11.1 Å². The third-order valence-corrected chi connectivity index (χ3v) is 3.64. The molecule has 1 aromatic carbocycles. The molecule has 0 spiro atoms. The molecule has 5 heteroatoms. The predicted molar refractivity (Wildman–Crippen MR) is 73.6 cm³/mol. The number of halogens is 2. The van der Waals surface area contributed by atoms with Gasteiger partial charge in [-0.1, -0.05) is 50.1 Å². The van der Waals surface area contributed by atoms with Gasteiger partial charge in [-0.3, -0.25) is 4.79 Å². The molecule has 0 aliphatic heterocycles. The van der Waals surface area contributed by atoms with Crippen LogP contribution in [0.15, 0.2) is 33.7 Å². The number of methoxy groups -OCH3 is 1. The number of rotatable bonds is 5. The maximum atomic E-state index is 11.2. The molecule has 1 aromatic rings. The fourth-order valence-electron chi connectivity index (χ4n) is 1.20. The van der Waals surface area contributed by atoms with E-state index in [4.69, 9.17) is 4.74 Å². The summed E-state index contributed by atoms with van der Waals surface area (Å²) in [5.74, 6) is 0.403. The third-order valence-electron chi connectivity index (χ3n) is 2.02. The first-order chi connectivity index (χ1) is 8.17. The smallest absolute Gasteiger partial charge is 0.310 e. The molecular formula is C12H12Br2O3. The molecule has 0 saturated carbocycles. The van der Waals surface area contributed by atoms with Crippen LogP contribution >= 0.6 is 31.9 Å². The first-order valence-electron chi connectivity index (χ1n) is 4.89. The van der Waals surface area contributed by atoms with Crippen molar-refractivity contribution in [1.82, 2.24) is 0 Å². The maximum absolute atomic E-state index is 11.2. The number of hydrogen-bond donors (Lipinski definition) is 0. The SMILES string of the molecule is COC(=O)Cc1ccccc1OC/C(Br)=C/Br. The minimum absolute atomic E-state index is 0.211. The average Bonchev–Trinajstić information content (AvgIpc) is 2.37. The predicted octanol–water partition coefficient (Wildman–Crippen LogP) is 3.41. The summed E-state index contributed by atoms with van der Waals surface area (Å²) in [4.78, 5) is 13.0. The van der Waals surface area contributed by atoms with Crippen LogP contribution in [0, 0.1) is 0 Å². The molecule has 0 unspecified atom stereocenters. The molecule has 0 amide bonds. The van der Waals surface area contributed by atoms with Gasteiger partial charge in [-0.25, -0.2) is 0 Å². The van der Waals surface area contributed by atoms with Gasteiger partial charge < -0.3 is 9.47 Å². The largest absolute Gasteiger partial charge is 0.488 e. The Bertz CT molecular complexity index is 416. The van der Waals surface area contributed by atoms with E-state index >= 15 is 0 Å². The summed E-state index contributed by atoms with van der Waals surface area (Å²) in [7, 11) is 1.37. The first-order valence-corrected chi connectivity index (χ1v) is 6.60. The van der Waals surface area contributed by atoms with Crippen LogP contribution in [0.5, 0.6) is 5.75 Å². The van der Waals surface area contributed by atoms with Crippen LogP contribution in [0.25, 0.3) is 0 Å². The molecule has 0 N–H and O–H groups in total. The first kappa shape index (κ1) is 14.3. The Hall–Kier alpha value is -0.810. The number of para-hydroxylation sites is 1. The van der Waals surface area contributed by atoms with Crippen molar-refractivity contribution in [2.75, 3.05) is 13.7 Å². The summed E-state index contributed by atoms with van der Waals surface area (Å²) >= 11 is 6.52. The van der Waals surface area contributed by atoms with Gasteiger partial charge in [-0.15, -0.1) is 0 Å². The summed E-state index contributed by atoms with van der Waals surface area (Å²) in [5, 5.41) is 0. The van der Waals surface area contributed by atoms with Gasteiger partial charge in [0.05, 0.1) is 13.5 Å². The molecule has 92 valence electrons. The number of ether oxygens (including phenoxy) is 2. The number of benzene rings is 1. The normalized spacial score (nSPS) is 11.1. The van der Waals surface area contributed by atoms with Gasteiger partial charge >= 0.3 is 5.97 Å². The standard InChI is InChI=1S/C12H12Br2O3/c1-16-12(15)6-9-4-2-3-5-11(9)17-8-10(14)7-13/h2-5,7H,6,8H2,1H3/b10-7-. The van der Waals surface area contributed by atoms with Gasteiger partial charge in [0.1, 0.15) is 12.4 Å². The summed E-state index contributed by atoms with van der Waals surface area (Å²) in [6.45, 7) is 0.406. The van der Waals surface area contributed by atoms with Gasteiger partial charge in [0.15, 0.2) is 0 Å². The van der Waals surface area contributed by atoms with Crippen molar-refractivity contribution >= 4 is 37.8 Å². The summed E-state index contributed by atoms with van der Waals surface area (Å²) in [5.41, 5.74) is 0.814. The van der Waals surface area contributed by atoms with Crippen LogP contribution in [-0.2, 0) is 16.0 Å². The quantitative estimate of drug-likeness (QED) is 0.752. The Morgan fingerprint density at radius 1 is 1.41 bits per heavy atom. The van der Waals surface area contributed by atoms with Crippen molar-refractivity contribution in [2.45, 2.75) is 6.42 Å². The Balaban J connectivity index is 2.74. The molecule has 0 aliphatic rings. The minimum atomic E-state index is -0.281. The highest BCUT2D eigenvalue weighted by Crippen LogP contribution is 2.20. The highest BCUT2D eigenvalue weighted by molar-refractivity contribution is 9.14. The zero-order valence-corrected chi connectivity index (χ0v) is 12.5. The molecule has 0 fully saturated rings. The van der Waals surface area contributed by atoms with Crippen LogP contribution in [0.3, 0.4) is 0 Å². The highest BCUT2D eigenvalue weighted by Gasteiger charge is 2.08. The van der Waals surface area contributed by atoms with Crippen molar-refractivity contribution in [3.8, 4) is 5.75 Å². The van der Waals surface area contributed by atoms with E-state index in [1.165, 1.54) is 7.11 Å². The lowest BCUT2D eigenvalue weighted by Gasteiger charge is -2.10. The third kappa shape index (κ3) is 4.91. The summed E-state index contributed by atoms with van der Waals surface area (Å²) in [6.07, 6.45) is 0.211. The molecule has 0 heterocycles. The van der Waals surface area contributed by atoms with E-state index in [1.807, 2.05) is 24.3 Å². The number of carbonyl (C=O) groups is 1. The molecule has 3 nitrogen and oxygen atoms in total. The van der Waals surface area contributed by atoms with Crippen molar-refractivity contribution < 1.29 is 14.3 Å². The Morgan fingerprint density at radius 3 is 2.76 bits per heavy atom. The second kappa shape index (κ2) is 7.50. The van der Waals surface area contributed by atoms with Crippen LogP contribution in [0.2, 0.25) is 0 Å². The Morgan fingerprint density at radius 2 is 2.12 bits per heavy atom. The van der Waals surface area contributed by atoms with Gasteiger partial charge in [0.25, 0.3) is 0 Å². The number of hydrogen-bond acceptors (Lipinski definition) is 3. The molecule has 0 radical (unpaired) electrons. The van der Waals surface area contributed by atoms with Crippen LogP contribution in [0.4, 0.5) is 0 Å². The van der Waals surface area contributed by atoms with E-state index in [-0.39, 0.29) is 12.4 Å². The lowest BCUT2D eigenvalue weighted by molar-refractivity contribution is -0.139. The Labute approximate surface area is 117 Å². The minimum Gasteiger partial charge on any atom is -0.488 e. The molecule has 0 aromatic heterocycles. The van der Waals surface area contributed by atoms with Gasteiger partial charge in [0, 0.05) is 10.0 Å². The monoisotopic (exact) mass is 362 g/mol. The van der Waals surface area contributed by atoms with E-state index in [1.54, 1.807) is 4.99 Å². The lowest BCUT2D eigenvalue weighted by atomic mass is 10.1. The van der Waals surface area contributed by atoms with E-state index in [0.29, 0.717) is 12.4 Å². The second-order valence-electron chi connectivity index (χ2n) is 3.21. The maximum Gasteiger partial charge on any atom is 0.310 e.